The summed E-state index contributed by atoms with van der Waals surface area (Å²) < 4.78 is 5.11. The Morgan fingerprint density at radius 2 is 1.83 bits per heavy atom. The summed E-state index contributed by atoms with van der Waals surface area (Å²) in [5, 5.41) is 21.0. The first kappa shape index (κ1) is 24.0. The molecule has 0 saturated carbocycles. The predicted molar refractivity (Wildman–Crippen MR) is 101 cm³/mol. The van der Waals surface area contributed by atoms with Gasteiger partial charge in [-0.05, 0) is 24.1 Å². The van der Waals surface area contributed by atoms with Crippen molar-refractivity contribution >= 4 is 23.8 Å². The number of carboxylic acids is 1. The molecule has 1 rings (SSSR count). The van der Waals surface area contributed by atoms with Gasteiger partial charge in [0.15, 0.2) is 0 Å². The number of carbonyl (C=O) groups excluding carboxylic acids is 3. The fraction of sp³-hybridized carbons (Fsp3) is 0.444. The Labute approximate surface area is 167 Å². The molecule has 0 aliphatic rings. The van der Waals surface area contributed by atoms with Crippen molar-refractivity contribution in [2.75, 3.05) is 19.6 Å². The van der Waals surface area contributed by atoms with Crippen LogP contribution in [-0.4, -0.2) is 64.7 Å². The van der Waals surface area contributed by atoms with Crippen molar-refractivity contribution < 1.29 is 34.1 Å². The second-order valence-electron chi connectivity index (χ2n) is 6.22. The standard InChI is InChI=1S/C18H26N4O7/c1-2-14(17(27)22(20)9-15(24)25)18(28)29-10-11-3-5-12(6-4-11)16(26)21-8-13(23)7-19/h3-6,13-14,23H,2,7-10,19-20H2,1H3,(H,21,26)(H,24,25). The smallest absolute Gasteiger partial charge is 0.324 e. The van der Waals surface area contributed by atoms with Crippen molar-refractivity contribution in [2.45, 2.75) is 26.1 Å². The van der Waals surface area contributed by atoms with Crippen LogP contribution in [0.5, 0.6) is 0 Å². The number of amides is 2. The van der Waals surface area contributed by atoms with E-state index in [2.05, 4.69) is 5.32 Å². The third kappa shape index (κ3) is 7.86. The van der Waals surface area contributed by atoms with Crippen molar-refractivity contribution in [3.05, 3.63) is 35.4 Å². The number of hydrogen-bond acceptors (Lipinski definition) is 8. The van der Waals surface area contributed by atoms with E-state index in [0.717, 1.165) is 0 Å². The minimum Gasteiger partial charge on any atom is -0.480 e. The van der Waals surface area contributed by atoms with Gasteiger partial charge < -0.3 is 26.0 Å². The first-order valence-electron chi connectivity index (χ1n) is 8.89. The SMILES string of the molecule is CCC(C(=O)OCc1ccc(C(=O)NCC(O)CN)cc1)C(=O)N(N)CC(=O)O. The van der Waals surface area contributed by atoms with Crippen LogP contribution >= 0.6 is 0 Å². The number of hydrogen-bond donors (Lipinski definition) is 5. The number of aliphatic hydroxyl groups excluding tert-OH is 1. The Morgan fingerprint density at radius 1 is 1.21 bits per heavy atom. The Morgan fingerprint density at radius 3 is 2.34 bits per heavy atom. The van der Waals surface area contributed by atoms with E-state index >= 15 is 0 Å². The molecule has 160 valence electrons. The van der Waals surface area contributed by atoms with E-state index in [9.17, 15) is 24.3 Å². The van der Waals surface area contributed by atoms with Crippen LogP contribution in [0.25, 0.3) is 0 Å². The average Bonchev–Trinajstić information content (AvgIpc) is 2.70. The van der Waals surface area contributed by atoms with Gasteiger partial charge in [0.05, 0.1) is 6.10 Å². The number of carbonyl (C=O) groups is 4. The largest absolute Gasteiger partial charge is 0.480 e. The molecule has 2 atom stereocenters. The molecule has 0 aliphatic heterocycles. The van der Waals surface area contributed by atoms with Crippen molar-refractivity contribution in [3.63, 3.8) is 0 Å². The summed E-state index contributed by atoms with van der Waals surface area (Å²) in [6.45, 7) is 0.771. The first-order chi connectivity index (χ1) is 13.7. The molecule has 0 saturated heterocycles. The first-order valence-corrected chi connectivity index (χ1v) is 8.89. The Hall–Kier alpha value is -3.02. The summed E-state index contributed by atoms with van der Waals surface area (Å²) in [7, 11) is 0. The van der Waals surface area contributed by atoms with Crippen LogP contribution in [-0.2, 0) is 25.7 Å². The minimum absolute atomic E-state index is 0.0289. The maximum absolute atomic E-state index is 12.2. The highest BCUT2D eigenvalue weighted by Gasteiger charge is 2.30. The zero-order chi connectivity index (χ0) is 22.0. The van der Waals surface area contributed by atoms with Gasteiger partial charge in [-0.3, -0.25) is 24.2 Å². The molecule has 1 aromatic carbocycles. The maximum Gasteiger partial charge on any atom is 0.324 e. The number of esters is 1. The van der Waals surface area contributed by atoms with Gasteiger partial charge >= 0.3 is 11.9 Å². The van der Waals surface area contributed by atoms with E-state index < -0.39 is 36.4 Å². The van der Waals surface area contributed by atoms with Gasteiger partial charge in [-0.1, -0.05) is 19.1 Å². The molecule has 1 aromatic rings. The second-order valence-corrected chi connectivity index (χ2v) is 6.22. The molecule has 0 aliphatic carbocycles. The summed E-state index contributed by atoms with van der Waals surface area (Å²) in [5.74, 6) is 0.807. The zero-order valence-electron chi connectivity index (χ0n) is 16.0. The zero-order valence-corrected chi connectivity index (χ0v) is 16.0. The Balaban J connectivity index is 2.61. The Kier molecular flexibility index (Phi) is 9.72. The van der Waals surface area contributed by atoms with Gasteiger partial charge in [-0.25, -0.2) is 5.84 Å². The van der Waals surface area contributed by atoms with Crippen LogP contribution in [0.3, 0.4) is 0 Å². The van der Waals surface area contributed by atoms with Gasteiger partial charge in [0.25, 0.3) is 11.8 Å². The number of nitrogens with zero attached hydrogens (tertiary/aromatic N) is 1. The summed E-state index contributed by atoms with van der Waals surface area (Å²) in [6, 6.07) is 6.18. The maximum atomic E-state index is 12.2. The van der Waals surface area contributed by atoms with E-state index in [-0.39, 0.29) is 32.0 Å². The fourth-order valence-corrected chi connectivity index (χ4v) is 2.27. The molecule has 2 unspecified atom stereocenters. The predicted octanol–water partition coefficient (Wildman–Crippen LogP) is -1.41. The summed E-state index contributed by atoms with van der Waals surface area (Å²) >= 11 is 0. The van der Waals surface area contributed by atoms with Gasteiger partial charge in [0, 0.05) is 18.7 Å². The molecule has 0 aromatic heterocycles. The molecule has 0 bridgehead atoms. The topological polar surface area (TPSA) is 185 Å². The molecule has 2 amide bonds. The van der Waals surface area contributed by atoms with Crippen molar-refractivity contribution in [2.24, 2.45) is 17.5 Å². The van der Waals surface area contributed by atoms with Crippen LogP contribution < -0.4 is 16.9 Å². The lowest BCUT2D eigenvalue weighted by molar-refractivity contribution is -0.159. The quantitative estimate of drug-likeness (QED) is 0.0961. The van der Waals surface area contributed by atoms with Crippen LogP contribution in [0.4, 0.5) is 0 Å². The van der Waals surface area contributed by atoms with E-state index in [1.165, 1.54) is 12.1 Å². The van der Waals surface area contributed by atoms with Crippen molar-refractivity contribution in [1.29, 1.82) is 0 Å². The van der Waals surface area contributed by atoms with Gasteiger partial charge in [0.2, 0.25) is 0 Å². The normalized spacial score (nSPS) is 12.6. The lowest BCUT2D eigenvalue weighted by atomic mass is 10.1. The van der Waals surface area contributed by atoms with E-state index in [1.54, 1.807) is 19.1 Å². The monoisotopic (exact) mass is 410 g/mol. The van der Waals surface area contributed by atoms with Gasteiger partial charge in [-0.2, -0.15) is 0 Å². The van der Waals surface area contributed by atoms with E-state index in [0.29, 0.717) is 16.1 Å². The fourth-order valence-electron chi connectivity index (χ4n) is 2.27. The lowest BCUT2D eigenvalue weighted by Gasteiger charge is -2.20. The average molecular weight is 410 g/mol. The van der Waals surface area contributed by atoms with Crippen LogP contribution in [0.2, 0.25) is 0 Å². The van der Waals surface area contributed by atoms with Crippen LogP contribution in [0, 0.1) is 5.92 Å². The van der Waals surface area contributed by atoms with Crippen LogP contribution in [0.15, 0.2) is 24.3 Å². The van der Waals surface area contributed by atoms with E-state index in [4.69, 9.17) is 21.4 Å². The number of aliphatic carboxylic acids is 1. The van der Waals surface area contributed by atoms with Crippen molar-refractivity contribution in [1.82, 2.24) is 10.3 Å². The molecule has 11 heteroatoms. The number of hydrazine groups is 1. The summed E-state index contributed by atoms with van der Waals surface area (Å²) in [5.41, 5.74) is 6.19. The lowest BCUT2D eigenvalue weighted by Crippen LogP contribution is -2.46. The third-order valence-electron chi connectivity index (χ3n) is 3.95. The summed E-state index contributed by atoms with van der Waals surface area (Å²) in [6.07, 6.45) is -0.731. The molecular formula is C18H26N4O7. The van der Waals surface area contributed by atoms with Crippen LogP contribution in [0.1, 0.15) is 29.3 Å². The molecule has 0 radical (unpaired) electrons. The van der Waals surface area contributed by atoms with Crippen molar-refractivity contribution in [3.8, 4) is 0 Å². The molecule has 0 fully saturated rings. The number of carboxylic acid groups (broad SMARTS) is 1. The van der Waals surface area contributed by atoms with Gasteiger partial charge in [0.1, 0.15) is 19.1 Å². The highest BCUT2D eigenvalue weighted by Crippen LogP contribution is 2.12. The molecular weight excluding hydrogens is 384 g/mol. The number of benzene rings is 1. The second kappa shape index (κ2) is 11.7. The number of nitrogens with two attached hydrogens (primary N) is 2. The van der Waals surface area contributed by atoms with E-state index in [1.807, 2.05) is 0 Å². The summed E-state index contributed by atoms with van der Waals surface area (Å²) in [4.78, 5) is 46.8. The number of aliphatic hydroxyl groups is 1. The highest BCUT2D eigenvalue weighted by atomic mass is 16.5. The number of ether oxygens (including phenoxy) is 1. The Bertz CT molecular complexity index is 723. The molecule has 0 heterocycles. The number of rotatable bonds is 11. The molecule has 7 N–H and O–H groups in total. The molecule has 0 spiro atoms. The third-order valence-corrected chi connectivity index (χ3v) is 3.95. The highest BCUT2D eigenvalue weighted by molar-refractivity contribution is 5.98. The van der Waals surface area contributed by atoms with Gasteiger partial charge in [-0.15, -0.1) is 0 Å². The molecule has 29 heavy (non-hydrogen) atoms. The number of nitrogens with one attached hydrogen (secondary N) is 1. The minimum atomic E-state index is -1.30. The molecule has 11 nitrogen and oxygen atoms in total.